The van der Waals surface area contributed by atoms with E-state index in [1.165, 1.54) is 48.2 Å². The van der Waals surface area contributed by atoms with Crippen molar-refractivity contribution in [1.29, 1.82) is 0 Å². The third-order valence-corrected chi connectivity index (χ3v) is 6.53. The van der Waals surface area contributed by atoms with Gasteiger partial charge in [0.2, 0.25) is 10.0 Å². The van der Waals surface area contributed by atoms with Gasteiger partial charge in [0.15, 0.2) is 0 Å². The molecule has 132 valence electrons. The zero-order chi connectivity index (χ0) is 17.2. The zero-order valence-corrected chi connectivity index (χ0v) is 15.1. The van der Waals surface area contributed by atoms with E-state index in [1.807, 2.05) is 12.1 Å². The highest BCUT2D eigenvalue weighted by atomic mass is 32.2. The molecule has 1 aliphatic carbocycles. The van der Waals surface area contributed by atoms with Crippen molar-refractivity contribution in [2.45, 2.75) is 38.0 Å². The molecule has 1 aromatic rings. The summed E-state index contributed by atoms with van der Waals surface area (Å²) in [6.07, 6.45) is 7.66. The summed E-state index contributed by atoms with van der Waals surface area (Å²) in [5.74, 6) is 0.638. The molecule has 5 nitrogen and oxygen atoms in total. The van der Waals surface area contributed by atoms with Crippen LogP contribution in [0.5, 0.6) is 0 Å². The number of nitrogens with zero attached hydrogens (tertiary/aromatic N) is 2. The van der Waals surface area contributed by atoms with Crippen molar-refractivity contribution in [3.05, 3.63) is 35.4 Å². The molecule has 0 bridgehead atoms. The number of hydrogen-bond acceptors (Lipinski definition) is 3. The molecule has 1 saturated carbocycles. The summed E-state index contributed by atoms with van der Waals surface area (Å²) in [6, 6.07) is 8.04. The van der Waals surface area contributed by atoms with Gasteiger partial charge in [-0.05, 0) is 36.5 Å². The Morgan fingerprint density at radius 1 is 0.958 bits per heavy atom. The molecule has 2 aliphatic rings. The highest BCUT2D eigenvalue weighted by molar-refractivity contribution is 7.88. The molecule has 24 heavy (non-hydrogen) atoms. The van der Waals surface area contributed by atoms with Crippen molar-refractivity contribution in [3.8, 4) is 0 Å². The van der Waals surface area contributed by atoms with Gasteiger partial charge in [-0.3, -0.25) is 4.79 Å². The largest absolute Gasteiger partial charge is 0.336 e. The first-order valence-electron chi connectivity index (χ1n) is 8.79. The van der Waals surface area contributed by atoms with Gasteiger partial charge < -0.3 is 4.90 Å². The summed E-state index contributed by atoms with van der Waals surface area (Å²) >= 11 is 0. The van der Waals surface area contributed by atoms with Crippen LogP contribution in [0.4, 0.5) is 0 Å². The Bertz CT molecular complexity index is 671. The fraction of sp³-hybridized carbons (Fsp3) is 0.611. The minimum absolute atomic E-state index is 0.00153. The van der Waals surface area contributed by atoms with Crippen LogP contribution in [0, 0.1) is 0 Å². The average Bonchev–Trinajstić information content (AvgIpc) is 2.61. The minimum Gasteiger partial charge on any atom is -0.336 e. The standard InChI is InChI=1S/C18H26N2O3S/c1-24(22,23)20-13-11-19(12-14-20)18(21)17-9-7-16(8-10-17)15-5-3-2-4-6-15/h7-10,15H,2-6,11-14H2,1H3. The molecule has 0 radical (unpaired) electrons. The van der Waals surface area contributed by atoms with Crippen molar-refractivity contribution in [2.24, 2.45) is 0 Å². The molecule has 1 aromatic carbocycles. The molecule has 6 heteroatoms. The monoisotopic (exact) mass is 350 g/mol. The lowest BCUT2D eigenvalue weighted by atomic mass is 9.84. The van der Waals surface area contributed by atoms with Crippen molar-refractivity contribution in [3.63, 3.8) is 0 Å². The number of amides is 1. The lowest BCUT2D eigenvalue weighted by Crippen LogP contribution is -2.50. The first kappa shape index (κ1) is 17.4. The highest BCUT2D eigenvalue weighted by Gasteiger charge is 2.26. The van der Waals surface area contributed by atoms with Crippen molar-refractivity contribution in [1.82, 2.24) is 9.21 Å². The van der Waals surface area contributed by atoms with E-state index in [0.717, 1.165) is 0 Å². The van der Waals surface area contributed by atoms with E-state index < -0.39 is 10.0 Å². The molecule has 1 aliphatic heterocycles. The summed E-state index contributed by atoms with van der Waals surface area (Å²) in [7, 11) is -3.16. The maximum atomic E-state index is 12.6. The van der Waals surface area contributed by atoms with E-state index in [0.29, 0.717) is 37.7 Å². The topological polar surface area (TPSA) is 57.7 Å². The number of hydrogen-bond donors (Lipinski definition) is 0. The molecule has 0 spiro atoms. The smallest absolute Gasteiger partial charge is 0.253 e. The van der Waals surface area contributed by atoms with E-state index in [4.69, 9.17) is 0 Å². The quantitative estimate of drug-likeness (QED) is 0.841. The van der Waals surface area contributed by atoms with Gasteiger partial charge in [0.05, 0.1) is 6.26 Å². The average molecular weight is 350 g/mol. The van der Waals surface area contributed by atoms with Gasteiger partial charge >= 0.3 is 0 Å². The van der Waals surface area contributed by atoms with Crippen LogP contribution in [0.2, 0.25) is 0 Å². The van der Waals surface area contributed by atoms with Gasteiger partial charge in [0, 0.05) is 31.7 Å². The number of sulfonamides is 1. The van der Waals surface area contributed by atoms with Crippen LogP contribution in [-0.2, 0) is 10.0 Å². The first-order valence-corrected chi connectivity index (χ1v) is 10.6. The van der Waals surface area contributed by atoms with Crippen LogP contribution in [-0.4, -0.2) is 56.0 Å². The Labute approximate surface area is 144 Å². The molecule has 0 N–H and O–H groups in total. The Hall–Kier alpha value is -1.40. The van der Waals surface area contributed by atoms with Gasteiger partial charge in [-0.2, -0.15) is 4.31 Å². The van der Waals surface area contributed by atoms with Crippen molar-refractivity contribution >= 4 is 15.9 Å². The number of carbonyl (C=O) groups is 1. The first-order chi connectivity index (χ1) is 11.4. The number of benzene rings is 1. The van der Waals surface area contributed by atoms with E-state index in [1.54, 1.807) is 4.90 Å². The molecule has 1 amide bonds. The second-order valence-corrected chi connectivity index (χ2v) is 8.89. The Kier molecular flexibility index (Phi) is 5.25. The summed E-state index contributed by atoms with van der Waals surface area (Å²) in [5.41, 5.74) is 2.04. The van der Waals surface area contributed by atoms with Crippen LogP contribution in [0.1, 0.15) is 53.9 Å². The number of carbonyl (C=O) groups excluding carboxylic acids is 1. The fourth-order valence-corrected chi connectivity index (χ4v) is 4.57. The lowest BCUT2D eigenvalue weighted by molar-refractivity contribution is 0.0698. The SMILES string of the molecule is CS(=O)(=O)N1CCN(C(=O)c2ccc(C3CCCCC3)cc2)CC1. The molecule has 0 unspecified atom stereocenters. The molecular weight excluding hydrogens is 324 g/mol. The second-order valence-electron chi connectivity index (χ2n) is 6.91. The minimum atomic E-state index is -3.16. The van der Waals surface area contributed by atoms with Gasteiger partial charge in [0.25, 0.3) is 5.91 Å². The van der Waals surface area contributed by atoms with Gasteiger partial charge in [-0.1, -0.05) is 31.4 Å². The van der Waals surface area contributed by atoms with Crippen LogP contribution in [0.25, 0.3) is 0 Å². The number of rotatable bonds is 3. The van der Waals surface area contributed by atoms with Crippen LogP contribution < -0.4 is 0 Å². The molecule has 0 atom stereocenters. The normalized spacial score (nSPS) is 21.0. The molecule has 3 rings (SSSR count). The zero-order valence-electron chi connectivity index (χ0n) is 14.3. The van der Waals surface area contributed by atoms with Crippen LogP contribution in [0.3, 0.4) is 0 Å². The second kappa shape index (κ2) is 7.23. The maximum absolute atomic E-state index is 12.6. The highest BCUT2D eigenvalue weighted by Crippen LogP contribution is 2.32. The van der Waals surface area contributed by atoms with Crippen LogP contribution in [0.15, 0.2) is 24.3 Å². The Morgan fingerprint density at radius 2 is 1.54 bits per heavy atom. The van der Waals surface area contributed by atoms with E-state index >= 15 is 0 Å². The summed E-state index contributed by atoms with van der Waals surface area (Å²) < 4.78 is 24.5. The molecule has 1 saturated heterocycles. The molecular formula is C18H26N2O3S. The Balaban J connectivity index is 1.61. The molecule has 1 heterocycles. The Morgan fingerprint density at radius 3 is 2.08 bits per heavy atom. The lowest BCUT2D eigenvalue weighted by Gasteiger charge is -2.33. The predicted molar refractivity (Wildman–Crippen MR) is 94.6 cm³/mol. The van der Waals surface area contributed by atoms with Gasteiger partial charge in [-0.15, -0.1) is 0 Å². The molecule has 0 aromatic heterocycles. The van der Waals surface area contributed by atoms with E-state index in [2.05, 4.69) is 12.1 Å². The summed E-state index contributed by atoms with van der Waals surface area (Å²) in [4.78, 5) is 14.3. The molecule has 2 fully saturated rings. The van der Waals surface area contributed by atoms with Crippen molar-refractivity contribution in [2.75, 3.05) is 32.4 Å². The van der Waals surface area contributed by atoms with Crippen LogP contribution >= 0.6 is 0 Å². The third-order valence-electron chi connectivity index (χ3n) is 5.23. The van der Waals surface area contributed by atoms with Gasteiger partial charge in [0.1, 0.15) is 0 Å². The predicted octanol–water partition coefficient (Wildman–Crippen LogP) is 2.45. The van der Waals surface area contributed by atoms with E-state index in [-0.39, 0.29) is 5.91 Å². The number of piperazine rings is 1. The van der Waals surface area contributed by atoms with Crippen molar-refractivity contribution < 1.29 is 13.2 Å². The maximum Gasteiger partial charge on any atom is 0.253 e. The fourth-order valence-electron chi connectivity index (χ4n) is 3.74. The summed E-state index contributed by atoms with van der Waals surface area (Å²) in [6.45, 7) is 1.67. The van der Waals surface area contributed by atoms with E-state index in [9.17, 15) is 13.2 Å². The summed E-state index contributed by atoms with van der Waals surface area (Å²) in [5, 5.41) is 0. The third kappa shape index (κ3) is 3.98. The van der Waals surface area contributed by atoms with Gasteiger partial charge in [-0.25, -0.2) is 8.42 Å².